The molecule has 0 aliphatic carbocycles. The maximum Gasteiger partial charge on any atom is 0.318 e. The highest BCUT2D eigenvalue weighted by atomic mass is 32.1. The zero-order valence-electron chi connectivity index (χ0n) is 17.0. The summed E-state index contributed by atoms with van der Waals surface area (Å²) in [6.07, 6.45) is 3.38. The molecule has 0 unspecified atom stereocenters. The molecular formula is C24H27N3O2S. The van der Waals surface area contributed by atoms with Crippen LogP contribution in [0.3, 0.4) is 0 Å². The number of unbranched alkanes of at least 4 members (excludes halogenated alkanes) is 1. The van der Waals surface area contributed by atoms with Crippen molar-refractivity contribution < 1.29 is 9.59 Å². The van der Waals surface area contributed by atoms with E-state index in [9.17, 15) is 9.59 Å². The van der Waals surface area contributed by atoms with Gasteiger partial charge in [-0.1, -0.05) is 74.0 Å². The van der Waals surface area contributed by atoms with Gasteiger partial charge in [0.2, 0.25) is 5.91 Å². The molecule has 1 aromatic heterocycles. The summed E-state index contributed by atoms with van der Waals surface area (Å²) in [7, 11) is 0. The van der Waals surface area contributed by atoms with E-state index in [2.05, 4.69) is 41.8 Å². The summed E-state index contributed by atoms with van der Waals surface area (Å²) in [6, 6.07) is 20.1. The normalized spacial score (nSPS) is 12.8. The van der Waals surface area contributed by atoms with Crippen molar-refractivity contribution in [3.8, 4) is 0 Å². The molecule has 0 radical (unpaired) electrons. The standard InChI is InChI=1S/C24H27N3O2S/c1-2-3-8-17-12-14-19(15-13-17)21(20-11-7-16-30-20)26-22(23(28)27-24(25)29)18-9-5-4-6-10-18/h4-7,9-16,21-22,26H,2-3,8H2,1H3,(H3,25,27,28,29)/t21-,22-/m1/s1. The number of carbonyl (C=O) groups excluding carboxylic acids is 2. The number of rotatable bonds is 9. The van der Waals surface area contributed by atoms with Gasteiger partial charge >= 0.3 is 6.03 Å². The fourth-order valence-corrected chi connectivity index (χ4v) is 4.20. The Morgan fingerprint density at radius 2 is 1.70 bits per heavy atom. The van der Waals surface area contributed by atoms with E-state index in [1.165, 1.54) is 5.56 Å². The molecule has 0 aliphatic rings. The highest BCUT2D eigenvalue weighted by Crippen LogP contribution is 2.30. The van der Waals surface area contributed by atoms with Crippen molar-refractivity contribution in [2.45, 2.75) is 38.3 Å². The topological polar surface area (TPSA) is 84.2 Å². The number of aryl methyl sites for hydroxylation is 1. The lowest BCUT2D eigenvalue weighted by Gasteiger charge is -2.25. The minimum Gasteiger partial charge on any atom is -0.351 e. The Hall–Kier alpha value is -2.96. The first-order valence-electron chi connectivity index (χ1n) is 10.1. The number of imide groups is 1. The summed E-state index contributed by atoms with van der Waals surface area (Å²) in [5.74, 6) is -0.477. The molecule has 2 aromatic carbocycles. The molecule has 5 nitrogen and oxygen atoms in total. The van der Waals surface area contributed by atoms with E-state index in [-0.39, 0.29) is 6.04 Å². The quantitative estimate of drug-likeness (QED) is 0.468. The van der Waals surface area contributed by atoms with Gasteiger partial charge < -0.3 is 5.73 Å². The smallest absolute Gasteiger partial charge is 0.318 e. The van der Waals surface area contributed by atoms with E-state index in [0.29, 0.717) is 0 Å². The average Bonchev–Trinajstić information content (AvgIpc) is 3.28. The van der Waals surface area contributed by atoms with Gasteiger partial charge in [0, 0.05) is 4.88 Å². The largest absolute Gasteiger partial charge is 0.351 e. The van der Waals surface area contributed by atoms with Crippen LogP contribution in [0.5, 0.6) is 0 Å². The Balaban J connectivity index is 1.92. The van der Waals surface area contributed by atoms with E-state index < -0.39 is 18.0 Å². The Morgan fingerprint density at radius 3 is 2.30 bits per heavy atom. The van der Waals surface area contributed by atoms with Gasteiger partial charge in [0.15, 0.2) is 0 Å². The molecule has 2 atom stereocenters. The number of urea groups is 1. The van der Waals surface area contributed by atoms with Crippen LogP contribution in [0.15, 0.2) is 72.1 Å². The molecule has 0 saturated carbocycles. The summed E-state index contributed by atoms with van der Waals surface area (Å²) in [5.41, 5.74) is 8.33. The third-order valence-corrected chi connectivity index (χ3v) is 5.87. The maximum absolute atomic E-state index is 12.8. The summed E-state index contributed by atoms with van der Waals surface area (Å²) in [4.78, 5) is 25.2. The van der Waals surface area contributed by atoms with Crippen LogP contribution in [0.2, 0.25) is 0 Å². The third kappa shape index (κ3) is 5.78. The number of amides is 3. The molecule has 0 saturated heterocycles. The molecule has 3 rings (SSSR count). The SMILES string of the molecule is CCCCc1ccc([C@@H](N[C@@H](C(=O)NC(N)=O)c2ccccc2)c2cccs2)cc1. The Bertz CT molecular complexity index is 940. The number of primary amides is 1. The molecule has 3 amide bonds. The van der Waals surface area contributed by atoms with Gasteiger partial charge in [-0.3, -0.25) is 15.4 Å². The van der Waals surface area contributed by atoms with Crippen molar-refractivity contribution in [1.29, 1.82) is 0 Å². The van der Waals surface area contributed by atoms with E-state index in [1.807, 2.05) is 47.8 Å². The summed E-state index contributed by atoms with van der Waals surface area (Å²) < 4.78 is 0. The molecule has 1 heterocycles. The van der Waals surface area contributed by atoms with Crippen LogP contribution >= 0.6 is 11.3 Å². The molecule has 0 fully saturated rings. The molecule has 0 aliphatic heterocycles. The number of carbonyl (C=O) groups is 2. The molecule has 0 bridgehead atoms. The first kappa shape index (κ1) is 21.7. The zero-order chi connectivity index (χ0) is 21.3. The second kappa shape index (κ2) is 10.7. The number of hydrogen-bond acceptors (Lipinski definition) is 4. The highest BCUT2D eigenvalue weighted by Gasteiger charge is 2.27. The lowest BCUT2D eigenvalue weighted by Crippen LogP contribution is -2.44. The number of thiophene rings is 1. The lowest BCUT2D eigenvalue weighted by atomic mass is 9.98. The van der Waals surface area contributed by atoms with Crippen molar-refractivity contribution >= 4 is 23.3 Å². The van der Waals surface area contributed by atoms with Gasteiger partial charge in [-0.15, -0.1) is 11.3 Å². The van der Waals surface area contributed by atoms with E-state index in [4.69, 9.17) is 5.73 Å². The Morgan fingerprint density at radius 1 is 0.967 bits per heavy atom. The molecule has 6 heteroatoms. The average molecular weight is 422 g/mol. The molecular weight excluding hydrogens is 394 g/mol. The van der Waals surface area contributed by atoms with Crippen LogP contribution in [-0.4, -0.2) is 11.9 Å². The fraction of sp³-hybridized carbons (Fsp3) is 0.250. The van der Waals surface area contributed by atoms with Gasteiger partial charge in [-0.25, -0.2) is 4.79 Å². The van der Waals surface area contributed by atoms with Gasteiger partial charge in [0.25, 0.3) is 0 Å². The Labute approximate surface area is 181 Å². The van der Waals surface area contributed by atoms with E-state index in [1.54, 1.807) is 11.3 Å². The number of nitrogens with one attached hydrogen (secondary N) is 2. The maximum atomic E-state index is 12.8. The van der Waals surface area contributed by atoms with E-state index >= 15 is 0 Å². The van der Waals surface area contributed by atoms with Crippen LogP contribution in [0.25, 0.3) is 0 Å². The van der Waals surface area contributed by atoms with Crippen molar-refractivity contribution in [2.24, 2.45) is 5.73 Å². The predicted octanol–water partition coefficient (Wildman–Crippen LogP) is 4.71. The van der Waals surface area contributed by atoms with E-state index in [0.717, 1.165) is 35.3 Å². The fourth-order valence-electron chi connectivity index (χ4n) is 3.38. The van der Waals surface area contributed by atoms with Crippen LogP contribution in [0, 0.1) is 0 Å². The van der Waals surface area contributed by atoms with Gasteiger partial charge in [-0.05, 0) is 41.0 Å². The van der Waals surface area contributed by atoms with Crippen molar-refractivity contribution in [2.75, 3.05) is 0 Å². The first-order chi connectivity index (χ1) is 14.6. The van der Waals surface area contributed by atoms with Crippen LogP contribution in [-0.2, 0) is 11.2 Å². The molecule has 0 spiro atoms. The zero-order valence-corrected chi connectivity index (χ0v) is 17.8. The minimum absolute atomic E-state index is 0.200. The third-order valence-electron chi connectivity index (χ3n) is 4.93. The van der Waals surface area contributed by atoms with Crippen molar-refractivity contribution in [1.82, 2.24) is 10.6 Å². The molecule has 4 N–H and O–H groups in total. The molecule has 30 heavy (non-hydrogen) atoms. The van der Waals surface area contributed by atoms with Gasteiger partial charge in [0.05, 0.1) is 6.04 Å². The number of benzene rings is 2. The summed E-state index contributed by atoms with van der Waals surface area (Å²) >= 11 is 1.62. The monoisotopic (exact) mass is 421 g/mol. The number of nitrogens with two attached hydrogens (primary N) is 1. The minimum atomic E-state index is -0.865. The second-order valence-corrected chi connectivity index (χ2v) is 8.14. The first-order valence-corrected chi connectivity index (χ1v) is 11.0. The van der Waals surface area contributed by atoms with Crippen molar-refractivity contribution in [3.63, 3.8) is 0 Å². The molecule has 156 valence electrons. The lowest BCUT2D eigenvalue weighted by molar-refractivity contribution is -0.122. The van der Waals surface area contributed by atoms with Crippen molar-refractivity contribution in [3.05, 3.63) is 93.7 Å². The van der Waals surface area contributed by atoms with Gasteiger partial charge in [-0.2, -0.15) is 0 Å². The predicted molar refractivity (Wildman–Crippen MR) is 121 cm³/mol. The van der Waals surface area contributed by atoms with Crippen LogP contribution in [0.1, 0.15) is 53.4 Å². The highest BCUT2D eigenvalue weighted by molar-refractivity contribution is 7.10. The molecule has 3 aromatic rings. The number of hydrogen-bond donors (Lipinski definition) is 3. The summed E-state index contributed by atoms with van der Waals surface area (Å²) in [6.45, 7) is 2.19. The summed E-state index contributed by atoms with van der Waals surface area (Å²) in [5, 5.41) is 7.68. The van der Waals surface area contributed by atoms with Crippen LogP contribution in [0.4, 0.5) is 4.79 Å². The second-order valence-electron chi connectivity index (χ2n) is 7.16. The Kier molecular flexibility index (Phi) is 7.76. The van der Waals surface area contributed by atoms with Crippen LogP contribution < -0.4 is 16.4 Å². The van der Waals surface area contributed by atoms with Gasteiger partial charge in [0.1, 0.15) is 6.04 Å².